The van der Waals surface area contributed by atoms with Crippen LogP contribution in [-0.2, 0) is 14.0 Å². The molecule has 1 rings (SSSR count). The van der Waals surface area contributed by atoms with Crippen molar-refractivity contribution in [2.24, 2.45) is 0 Å². The molecule has 106 valence electrons. The summed E-state index contributed by atoms with van der Waals surface area (Å²) in [5, 5.41) is 3.42. The molecule has 0 spiro atoms. The Hall–Kier alpha value is -0.393. The minimum atomic E-state index is -1.77. The molecule has 1 aliphatic rings. The van der Waals surface area contributed by atoms with Crippen molar-refractivity contribution in [3.63, 3.8) is 0 Å². The van der Waals surface area contributed by atoms with Gasteiger partial charge in [0.2, 0.25) is 0 Å². The zero-order valence-corrected chi connectivity index (χ0v) is 13.7. The third-order valence-corrected chi connectivity index (χ3v) is 8.79. The summed E-state index contributed by atoms with van der Waals surface area (Å²) in [6.45, 7) is 13.7. The normalized spacial score (nSPS) is 29.4. The van der Waals surface area contributed by atoms with E-state index in [-0.39, 0.29) is 17.1 Å². The van der Waals surface area contributed by atoms with Gasteiger partial charge in [-0.1, -0.05) is 20.8 Å². The van der Waals surface area contributed by atoms with Crippen LogP contribution in [0.15, 0.2) is 0 Å². The SMILES string of the molecule is COC(=O)C1(C)C[C@@H](O[Si](C)(C)C(C)(C)C)CN1. The third-order valence-electron chi connectivity index (χ3n) is 4.26. The van der Waals surface area contributed by atoms with Gasteiger partial charge in [-0.05, 0) is 25.1 Å². The van der Waals surface area contributed by atoms with E-state index in [2.05, 4.69) is 39.2 Å². The van der Waals surface area contributed by atoms with E-state index < -0.39 is 13.9 Å². The summed E-state index contributed by atoms with van der Waals surface area (Å²) < 4.78 is 11.2. The van der Waals surface area contributed by atoms with Gasteiger partial charge >= 0.3 is 5.97 Å². The number of carbonyl (C=O) groups is 1. The molecule has 18 heavy (non-hydrogen) atoms. The number of nitrogens with one attached hydrogen (secondary N) is 1. The lowest BCUT2D eigenvalue weighted by atomic mass is 10.00. The molecule has 1 unspecified atom stereocenters. The number of carbonyl (C=O) groups excluding carboxylic acids is 1. The van der Waals surface area contributed by atoms with Crippen molar-refractivity contribution < 1.29 is 14.0 Å². The number of rotatable bonds is 3. The second-order valence-corrected chi connectivity index (χ2v) is 11.7. The summed E-state index contributed by atoms with van der Waals surface area (Å²) in [5.41, 5.74) is -0.595. The van der Waals surface area contributed by atoms with Crippen LogP contribution in [0.25, 0.3) is 0 Å². The first-order chi connectivity index (χ1) is 8.02. The second-order valence-electron chi connectivity index (χ2n) is 6.91. The van der Waals surface area contributed by atoms with Gasteiger partial charge in [-0.3, -0.25) is 10.1 Å². The maximum Gasteiger partial charge on any atom is 0.325 e. The minimum Gasteiger partial charge on any atom is -0.468 e. The minimum absolute atomic E-state index is 0.106. The fourth-order valence-corrected chi connectivity index (χ4v) is 3.35. The molecule has 1 heterocycles. The molecule has 0 amide bonds. The number of esters is 1. The van der Waals surface area contributed by atoms with Gasteiger partial charge in [0.1, 0.15) is 5.54 Å². The molecule has 0 aromatic rings. The first-order valence-corrected chi connectivity index (χ1v) is 9.44. The lowest BCUT2D eigenvalue weighted by Crippen LogP contribution is -2.45. The van der Waals surface area contributed by atoms with Crippen molar-refractivity contribution in [3.8, 4) is 0 Å². The van der Waals surface area contributed by atoms with Gasteiger partial charge in [0, 0.05) is 13.0 Å². The van der Waals surface area contributed by atoms with Crippen LogP contribution >= 0.6 is 0 Å². The maximum atomic E-state index is 11.7. The zero-order valence-electron chi connectivity index (χ0n) is 12.7. The average Bonchev–Trinajstić information content (AvgIpc) is 2.58. The standard InChI is InChI=1S/C13H27NO3Si/c1-12(2,3)18(6,7)17-10-8-13(4,14-9-10)11(15)16-5/h10,14H,8-9H2,1-7H3/t10-,13?/m1/s1. The van der Waals surface area contributed by atoms with Gasteiger partial charge < -0.3 is 9.16 Å². The first kappa shape index (κ1) is 15.7. The van der Waals surface area contributed by atoms with Crippen LogP contribution in [0, 0.1) is 0 Å². The van der Waals surface area contributed by atoms with E-state index in [1.54, 1.807) is 0 Å². The second kappa shape index (κ2) is 4.94. The van der Waals surface area contributed by atoms with E-state index in [4.69, 9.17) is 9.16 Å². The lowest BCUT2D eigenvalue weighted by Gasteiger charge is -2.38. The maximum absolute atomic E-state index is 11.7. The monoisotopic (exact) mass is 273 g/mol. The topological polar surface area (TPSA) is 47.6 Å². The highest BCUT2D eigenvalue weighted by Crippen LogP contribution is 2.38. The Morgan fingerprint density at radius 3 is 2.39 bits per heavy atom. The Kier molecular flexibility index (Phi) is 4.30. The summed E-state index contributed by atoms with van der Waals surface area (Å²) >= 11 is 0. The number of ether oxygens (including phenoxy) is 1. The van der Waals surface area contributed by atoms with Crippen molar-refractivity contribution in [1.82, 2.24) is 5.32 Å². The largest absolute Gasteiger partial charge is 0.468 e. The average molecular weight is 273 g/mol. The molecule has 1 N–H and O–H groups in total. The van der Waals surface area contributed by atoms with Gasteiger partial charge in [-0.15, -0.1) is 0 Å². The summed E-state index contributed by atoms with van der Waals surface area (Å²) in [5.74, 6) is -0.205. The highest BCUT2D eigenvalue weighted by Gasteiger charge is 2.46. The summed E-state index contributed by atoms with van der Waals surface area (Å²) in [7, 11) is -0.342. The predicted octanol–water partition coefficient (Wildman–Crippen LogP) is 2.30. The Labute approximate surface area is 112 Å². The van der Waals surface area contributed by atoms with Gasteiger partial charge in [-0.2, -0.15) is 0 Å². The number of hydrogen-bond acceptors (Lipinski definition) is 4. The van der Waals surface area contributed by atoms with Crippen molar-refractivity contribution in [2.45, 2.75) is 63.9 Å². The molecule has 1 aliphatic heterocycles. The van der Waals surface area contributed by atoms with Crippen molar-refractivity contribution >= 4 is 14.3 Å². The number of hydrogen-bond donors (Lipinski definition) is 1. The molecule has 1 saturated heterocycles. The zero-order chi connectivity index (χ0) is 14.2. The van der Waals surface area contributed by atoms with E-state index >= 15 is 0 Å². The number of methoxy groups -OCH3 is 1. The molecular weight excluding hydrogens is 246 g/mol. The van der Waals surface area contributed by atoms with Gasteiger partial charge in [-0.25, -0.2) is 0 Å². The highest BCUT2D eigenvalue weighted by molar-refractivity contribution is 6.74. The Morgan fingerprint density at radius 1 is 1.39 bits per heavy atom. The van der Waals surface area contributed by atoms with E-state index in [0.717, 1.165) is 6.54 Å². The molecule has 0 aromatic carbocycles. The van der Waals surface area contributed by atoms with Crippen LogP contribution in [-0.4, -0.2) is 39.6 Å². The molecule has 0 aliphatic carbocycles. The fraction of sp³-hybridized carbons (Fsp3) is 0.923. The predicted molar refractivity (Wildman–Crippen MR) is 75.1 cm³/mol. The summed E-state index contributed by atoms with van der Waals surface area (Å²) in [6.07, 6.45) is 0.793. The Bertz CT molecular complexity index is 325. The van der Waals surface area contributed by atoms with Crippen LogP contribution in [0.2, 0.25) is 18.1 Å². The Morgan fingerprint density at radius 2 is 1.94 bits per heavy atom. The molecule has 1 fully saturated rings. The quantitative estimate of drug-likeness (QED) is 0.633. The van der Waals surface area contributed by atoms with E-state index in [0.29, 0.717) is 6.42 Å². The highest BCUT2D eigenvalue weighted by atomic mass is 28.4. The molecule has 0 radical (unpaired) electrons. The molecule has 0 aromatic heterocycles. The van der Waals surface area contributed by atoms with Crippen molar-refractivity contribution in [2.75, 3.05) is 13.7 Å². The van der Waals surface area contributed by atoms with Gasteiger partial charge in [0.15, 0.2) is 8.32 Å². The molecule has 0 saturated carbocycles. The van der Waals surface area contributed by atoms with Crippen molar-refractivity contribution in [3.05, 3.63) is 0 Å². The third kappa shape index (κ3) is 3.13. The van der Waals surface area contributed by atoms with Crippen LogP contribution < -0.4 is 5.32 Å². The van der Waals surface area contributed by atoms with Gasteiger partial charge in [0.05, 0.1) is 13.2 Å². The van der Waals surface area contributed by atoms with Crippen LogP contribution in [0.4, 0.5) is 0 Å². The fourth-order valence-electron chi connectivity index (χ4n) is 2.00. The van der Waals surface area contributed by atoms with Crippen LogP contribution in [0.3, 0.4) is 0 Å². The van der Waals surface area contributed by atoms with E-state index in [1.165, 1.54) is 7.11 Å². The Balaban J connectivity index is 2.67. The van der Waals surface area contributed by atoms with Crippen LogP contribution in [0.5, 0.6) is 0 Å². The molecule has 4 nitrogen and oxygen atoms in total. The smallest absolute Gasteiger partial charge is 0.325 e. The first-order valence-electron chi connectivity index (χ1n) is 6.53. The van der Waals surface area contributed by atoms with Crippen LogP contribution in [0.1, 0.15) is 34.1 Å². The lowest BCUT2D eigenvalue weighted by molar-refractivity contribution is -0.147. The summed E-state index contributed by atoms with van der Waals surface area (Å²) in [6, 6.07) is 0. The molecule has 0 bridgehead atoms. The molecule has 2 atom stereocenters. The van der Waals surface area contributed by atoms with Gasteiger partial charge in [0.25, 0.3) is 0 Å². The van der Waals surface area contributed by atoms with E-state index in [9.17, 15) is 4.79 Å². The van der Waals surface area contributed by atoms with Crippen molar-refractivity contribution in [1.29, 1.82) is 0 Å². The van der Waals surface area contributed by atoms with E-state index in [1.807, 2.05) is 6.92 Å². The summed E-state index contributed by atoms with van der Waals surface area (Å²) in [4.78, 5) is 11.7. The molecular formula is C13H27NO3Si. The molecule has 5 heteroatoms.